The van der Waals surface area contributed by atoms with Crippen molar-refractivity contribution in [2.45, 2.75) is 32.6 Å². The first kappa shape index (κ1) is 17.5. The second kappa shape index (κ2) is 8.65. The largest absolute Gasteiger partial charge is 0.478 e. The number of likely N-dealkylation sites (tertiary alicyclic amines) is 1. The molecule has 0 unspecified atom stereocenters. The maximum absolute atomic E-state index is 12.7. The van der Waals surface area contributed by atoms with E-state index in [0.717, 1.165) is 32.4 Å². The van der Waals surface area contributed by atoms with Crippen molar-refractivity contribution in [2.24, 2.45) is 5.92 Å². The number of amides is 1. The Morgan fingerprint density at radius 3 is 2.68 bits per heavy atom. The zero-order valence-corrected chi connectivity index (χ0v) is 14.9. The van der Waals surface area contributed by atoms with Crippen LogP contribution in [0, 0.1) is 5.92 Å². The highest BCUT2D eigenvalue weighted by atomic mass is 16.5. The van der Waals surface area contributed by atoms with E-state index < -0.39 is 0 Å². The molecule has 0 spiro atoms. The number of nitrogens with zero attached hydrogens (tertiary/aromatic N) is 2. The Bertz CT molecular complexity index is 679. The minimum Gasteiger partial charge on any atom is -0.478 e. The molecule has 0 atom stereocenters. The normalized spacial score (nSPS) is 15.2. The molecule has 4 heteroatoms. The first-order valence-corrected chi connectivity index (χ1v) is 9.18. The maximum Gasteiger partial charge on any atom is 0.254 e. The van der Waals surface area contributed by atoms with Gasteiger partial charge in [-0.1, -0.05) is 30.3 Å². The van der Waals surface area contributed by atoms with Crippen LogP contribution in [0.2, 0.25) is 0 Å². The monoisotopic (exact) mass is 338 g/mol. The zero-order chi connectivity index (χ0) is 17.5. The summed E-state index contributed by atoms with van der Waals surface area (Å²) in [6.45, 7) is 4.14. The summed E-state index contributed by atoms with van der Waals surface area (Å²) in [6, 6.07) is 14.2. The van der Waals surface area contributed by atoms with Crippen LogP contribution in [0.3, 0.4) is 0 Å². The fraction of sp³-hybridized carbons (Fsp3) is 0.429. The summed E-state index contributed by atoms with van der Waals surface area (Å²) in [6.07, 6.45) is 6.14. The Balaban J connectivity index is 1.50. The van der Waals surface area contributed by atoms with Crippen LogP contribution in [0.15, 0.2) is 48.7 Å². The number of pyridine rings is 1. The molecule has 1 saturated heterocycles. The van der Waals surface area contributed by atoms with Crippen molar-refractivity contribution >= 4 is 5.91 Å². The van der Waals surface area contributed by atoms with E-state index in [1.54, 1.807) is 18.3 Å². The molecule has 1 aromatic carbocycles. The van der Waals surface area contributed by atoms with Crippen LogP contribution < -0.4 is 4.74 Å². The topological polar surface area (TPSA) is 42.4 Å². The van der Waals surface area contributed by atoms with E-state index in [1.165, 1.54) is 12.0 Å². The van der Waals surface area contributed by atoms with Gasteiger partial charge < -0.3 is 9.64 Å². The second-order valence-corrected chi connectivity index (χ2v) is 6.58. The summed E-state index contributed by atoms with van der Waals surface area (Å²) in [5, 5.41) is 0. The average molecular weight is 338 g/mol. The van der Waals surface area contributed by atoms with Crippen LogP contribution in [-0.2, 0) is 6.42 Å². The van der Waals surface area contributed by atoms with E-state index >= 15 is 0 Å². The van der Waals surface area contributed by atoms with Gasteiger partial charge in [0.1, 0.15) is 0 Å². The molecular formula is C21H26N2O2. The van der Waals surface area contributed by atoms with Gasteiger partial charge in [-0.3, -0.25) is 4.79 Å². The van der Waals surface area contributed by atoms with Gasteiger partial charge in [-0.15, -0.1) is 0 Å². The van der Waals surface area contributed by atoms with Gasteiger partial charge in [0.2, 0.25) is 5.88 Å². The summed E-state index contributed by atoms with van der Waals surface area (Å²) in [4.78, 5) is 18.8. The molecule has 25 heavy (non-hydrogen) atoms. The molecule has 1 amide bonds. The predicted octanol–water partition coefficient (Wildman–Crippen LogP) is 3.97. The molecule has 0 radical (unpaired) electrons. The van der Waals surface area contributed by atoms with Gasteiger partial charge >= 0.3 is 0 Å². The van der Waals surface area contributed by atoms with Crippen LogP contribution >= 0.6 is 0 Å². The fourth-order valence-electron chi connectivity index (χ4n) is 3.39. The summed E-state index contributed by atoms with van der Waals surface area (Å²) in [5.74, 6) is 1.32. The molecule has 0 bridgehead atoms. The number of benzene rings is 1. The summed E-state index contributed by atoms with van der Waals surface area (Å²) < 4.78 is 5.39. The molecule has 2 aromatic rings. The van der Waals surface area contributed by atoms with E-state index in [0.29, 0.717) is 24.0 Å². The highest BCUT2D eigenvalue weighted by Gasteiger charge is 2.23. The van der Waals surface area contributed by atoms with Gasteiger partial charge in [0.05, 0.1) is 6.61 Å². The Kier molecular flexibility index (Phi) is 6.04. The molecule has 3 rings (SSSR count). The van der Waals surface area contributed by atoms with Crippen molar-refractivity contribution < 1.29 is 9.53 Å². The van der Waals surface area contributed by atoms with E-state index in [1.807, 2.05) is 11.8 Å². The van der Waals surface area contributed by atoms with Gasteiger partial charge in [0, 0.05) is 30.9 Å². The van der Waals surface area contributed by atoms with Crippen molar-refractivity contribution in [3.63, 3.8) is 0 Å². The van der Waals surface area contributed by atoms with Gasteiger partial charge in [-0.05, 0) is 50.2 Å². The Hall–Kier alpha value is -2.36. The predicted molar refractivity (Wildman–Crippen MR) is 98.8 cm³/mol. The summed E-state index contributed by atoms with van der Waals surface area (Å²) in [7, 11) is 0. The SMILES string of the molecule is CCOc1cc(C(=O)N2CCC(CCc3ccccc3)CC2)ccn1. The number of hydrogen-bond acceptors (Lipinski definition) is 3. The number of carbonyl (C=O) groups is 1. The lowest BCUT2D eigenvalue weighted by Gasteiger charge is -2.32. The number of piperidine rings is 1. The van der Waals surface area contributed by atoms with Crippen molar-refractivity contribution in [1.82, 2.24) is 9.88 Å². The Morgan fingerprint density at radius 1 is 1.20 bits per heavy atom. The molecule has 1 aliphatic rings. The third kappa shape index (κ3) is 4.81. The minimum absolute atomic E-state index is 0.0878. The van der Waals surface area contributed by atoms with Gasteiger partial charge in [0.15, 0.2) is 0 Å². The lowest BCUT2D eigenvalue weighted by Crippen LogP contribution is -2.38. The van der Waals surface area contributed by atoms with Crippen LogP contribution in [0.5, 0.6) is 5.88 Å². The number of carbonyl (C=O) groups excluding carboxylic acids is 1. The molecule has 4 nitrogen and oxygen atoms in total. The molecule has 1 aliphatic heterocycles. The van der Waals surface area contributed by atoms with E-state index in [-0.39, 0.29) is 5.91 Å². The zero-order valence-electron chi connectivity index (χ0n) is 14.9. The summed E-state index contributed by atoms with van der Waals surface area (Å²) in [5.41, 5.74) is 2.07. The van der Waals surface area contributed by atoms with Crippen LogP contribution in [0.1, 0.15) is 42.1 Å². The van der Waals surface area contributed by atoms with Crippen molar-refractivity contribution in [3.05, 3.63) is 59.8 Å². The van der Waals surface area contributed by atoms with Crippen LogP contribution in [0.25, 0.3) is 0 Å². The van der Waals surface area contributed by atoms with Crippen molar-refractivity contribution in [3.8, 4) is 5.88 Å². The highest BCUT2D eigenvalue weighted by Crippen LogP contribution is 2.24. The molecule has 0 aliphatic carbocycles. The molecule has 1 fully saturated rings. The molecule has 132 valence electrons. The number of aromatic nitrogens is 1. The highest BCUT2D eigenvalue weighted by molar-refractivity contribution is 5.94. The Labute approximate surface area is 149 Å². The van der Waals surface area contributed by atoms with Gasteiger partial charge in [-0.2, -0.15) is 0 Å². The number of aryl methyl sites for hydroxylation is 1. The first-order valence-electron chi connectivity index (χ1n) is 9.18. The Morgan fingerprint density at radius 2 is 1.96 bits per heavy atom. The standard InChI is InChI=1S/C21H26N2O2/c1-2-25-20-16-19(10-13-22-20)21(24)23-14-11-18(12-15-23)9-8-17-6-4-3-5-7-17/h3-7,10,13,16,18H,2,8-9,11-12,14-15H2,1H3. The maximum atomic E-state index is 12.7. The first-order chi connectivity index (χ1) is 12.3. The van der Waals surface area contributed by atoms with Crippen LogP contribution in [0.4, 0.5) is 0 Å². The molecule has 0 saturated carbocycles. The van der Waals surface area contributed by atoms with E-state index in [2.05, 4.69) is 35.3 Å². The quantitative estimate of drug-likeness (QED) is 0.800. The van der Waals surface area contributed by atoms with E-state index in [9.17, 15) is 4.79 Å². The third-order valence-electron chi connectivity index (χ3n) is 4.86. The summed E-state index contributed by atoms with van der Waals surface area (Å²) >= 11 is 0. The minimum atomic E-state index is 0.0878. The lowest BCUT2D eigenvalue weighted by molar-refractivity contribution is 0.0686. The van der Waals surface area contributed by atoms with E-state index in [4.69, 9.17) is 4.74 Å². The van der Waals surface area contributed by atoms with Crippen molar-refractivity contribution in [2.75, 3.05) is 19.7 Å². The van der Waals surface area contributed by atoms with Crippen molar-refractivity contribution in [1.29, 1.82) is 0 Å². The van der Waals surface area contributed by atoms with Gasteiger partial charge in [-0.25, -0.2) is 4.98 Å². The lowest BCUT2D eigenvalue weighted by atomic mass is 9.90. The number of hydrogen-bond donors (Lipinski definition) is 0. The number of ether oxygens (including phenoxy) is 1. The second-order valence-electron chi connectivity index (χ2n) is 6.58. The fourth-order valence-corrected chi connectivity index (χ4v) is 3.39. The third-order valence-corrected chi connectivity index (χ3v) is 4.86. The molecule has 0 N–H and O–H groups in total. The average Bonchev–Trinajstić information content (AvgIpc) is 2.67. The van der Waals surface area contributed by atoms with Crippen LogP contribution in [-0.4, -0.2) is 35.5 Å². The molecular weight excluding hydrogens is 312 g/mol. The molecule has 1 aromatic heterocycles. The number of rotatable bonds is 6. The molecule has 2 heterocycles. The van der Waals surface area contributed by atoms with Gasteiger partial charge in [0.25, 0.3) is 5.91 Å². The smallest absolute Gasteiger partial charge is 0.254 e.